The maximum absolute atomic E-state index is 5.20. The number of aromatic amines is 1. The third kappa shape index (κ3) is 7.73. The number of anilines is 3. The lowest BCUT2D eigenvalue weighted by Gasteiger charge is -2.42. The number of rotatable bonds is 10. The fraction of sp³-hybridized carbons (Fsp3) is 0.424. The van der Waals surface area contributed by atoms with Crippen molar-refractivity contribution in [2.24, 2.45) is 0 Å². The lowest BCUT2D eigenvalue weighted by Crippen LogP contribution is -2.52. The highest BCUT2D eigenvalue weighted by Gasteiger charge is 2.29. The highest BCUT2D eigenvalue weighted by Crippen LogP contribution is 2.35. The SMILES string of the molecule is CCc1c(Nc2cc(C)[nH]n2)nc(Sc2ccc(SCc3ccccc3)cc2)nc1N1CCC(N2CCN(C)CC2)CC1. The Labute approximate surface area is 264 Å². The summed E-state index contributed by atoms with van der Waals surface area (Å²) in [4.78, 5) is 20.3. The second-order valence-electron chi connectivity index (χ2n) is 11.5. The molecule has 0 bridgehead atoms. The molecule has 4 aromatic rings. The lowest BCUT2D eigenvalue weighted by atomic mass is 10.0. The molecule has 0 saturated carbocycles. The zero-order valence-corrected chi connectivity index (χ0v) is 27.1. The molecule has 2 N–H and O–H groups in total. The van der Waals surface area contributed by atoms with Gasteiger partial charge in [0.2, 0.25) is 0 Å². The molecule has 226 valence electrons. The van der Waals surface area contributed by atoms with Gasteiger partial charge in [-0.15, -0.1) is 11.8 Å². The Morgan fingerprint density at radius 3 is 2.30 bits per heavy atom. The number of piperidine rings is 1. The maximum Gasteiger partial charge on any atom is 0.196 e. The highest BCUT2D eigenvalue weighted by atomic mass is 32.2. The van der Waals surface area contributed by atoms with Crippen LogP contribution in [-0.2, 0) is 12.2 Å². The van der Waals surface area contributed by atoms with Crippen molar-refractivity contribution < 1.29 is 0 Å². The first-order valence-electron chi connectivity index (χ1n) is 15.4. The van der Waals surface area contributed by atoms with Crippen molar-refractivity contribution in [2.45, 2.75) is 59.9 Å². The summed E-state index contributed by atoms with van der Waals surface area (Å²) >= 11 is 3.48. The molecule has 8 nitrogen and oxygen atoms in total. The van der Waals surface area contributed by atoms with Gasteiger partial charge in [-0.2, -0.15) is 5.10 Å². The molecule has 2 saturated heterocycles. The standard InChI is InChI=1S/C33H42N8S2/c1-4-29-31(34-30-22-24(2)37-38-30)35-33(43-28-12-10-27(11-13-28)42-23-25-8-6-5-7-9-25)36-32(29)41-16-14-26(15-17-41)40-20-18-39(3)19-21-40/h5-13,22,26H,4,14-21,23H2,1-3H3,(H2,34,35,36,37,38). The second kappa shape index (κ2) is 14.2. The van der Waals surface area contributed by atoms with Gasteiger partial charge in [0.05, 0.1) is 0 Å². The second-order valence-corrected chi connectivity index (χ2v) is 13.6. The van der Waals surface area contributed by atoms with Crippen LogP contribution in [0.2, 0.25) is 0 Å². The van der Waals surface area contributed by atoms with Crippen LogP contribution in [0, 0.1) is 6.92 Å². The summed E-state index contributed by atoms with van der Waals surface area (Å²) < 4.78 is 0. The van der Waals surface area contributed by atoms with E-state index in [1.54, 1.807) is 11.8 Å². The summed E-state index contributed by atoms with van der Waals surface area (Å²) in [6.45, 7) is 10.9. The third-order valence-electron chi connectivity index (χ3n) is 8.37. The molecule has 10 heteroatoms. The van der Waals surface area contributed by atoms with E-state index in [4.69, 9.17) is 9.97 Å². The number of benzene rings is 2. The van der Waals surface area contributed by atoms with Crippen molar-refractivity contribution in [3.05, 3.63) is 77.5 Å². The van der Waals surface area contributed by atoms with Gasteiger partial charge >= 0.3 is 0 Å². The number of aromatic nitrogens is 4. The lowest BCUT2D eigenvalue weighted by molar-refractivity contribution is 0.0981. The van der Waals surface area contributed by atoms with Crippen LogP contribution in [0.3, 0.4) is 0 Å². The van der Waals surface area contributed by atoms with E-state index in [0.29, 0.717) is 6.04 Å². The smallest absolute Gasteiger partial charge is 0.196 e. The number of hydrogen-bond donors (Lipinski definition) is 2. The van der Waals surface area contributed by atoms with Crippen LogP contribution in [0.5, 0.6) is 0 Å². The number of hydrogen-bond acceptors (Lipinski definition) is 9. The Morgan fingerprint density at radius 2 is 1.63 bits per heavy atom. The summed E-state index contributed by atoms with van der Waals surface area (Å²) in [6, 6.07) is 22.1. The summed E-state index contributed by atoms with van der Waals surface area (Å²) in [5.41, 5.74) is 3.50. The number of H-pyrrole nitrogens is 1. The summed E-state index contributed by atoms with van der Waals surface area (Å²) in [5, 5.41) is 11.7. The molecule has 0 amide bonds. The van der Waals surface area contributed by atoms with E-state index in [1.807, 2.05) is 24.8 Å². The summed E-state index contributed by atoms with van der Waals surface area (Å²) in [7, 11) is 2.23. The van der Waals surface area contributed by atoms with Crippen LogP contribution in [0.15, 0.2) is 75.6 Å². The van der Waals surface area contributed by atoms with Gasteiger partial charge < -0.3 is 15.1 Å². The van der Waals surface area contributed by atoms with Crippen LogP contribution in [0.4, 0.5) is 17.5 Å². The van der Waals surface area contributed by atoms with Gasteiger partial charge in [-0.1, -0.05) is 37.3 Å². The van der Waals surface area contributed by atoms with Crippen molar-refractivity contribution in [3.63, 3.8) is 0 Å². The van der Waals surface area contributed by atoms with Gasteiger partial charge in [0, 0.05) is 78.2 Å². The number of nitrogens with one attached hydrogen (secondary N) is 2. The van der Waals surface area contributed by atoms with Gasteiger partial charge in [-0.25, -0.2) is 9.97 Å². The van der Waals surface area contributed by atoms with Crippen molar-refractivity contribution in [1.29, 1.82) is 0 Å². The van der Waals surface area contributed by atoms with Crippen LogP contribution < -0.4 is 10.2 Å². The van der Waals surface area contributed by atoms with E-state index in [9.17, 15) is 0 Å². The third-order valence-corrected chi connectivity index (χ3v) is 10.3. The van der Waals surface area contributed by atoms with Crippen LogP contribution in [0.1, 0.15) is 36.6 Å². The molecule has 0 unspecified atom stereocenters. The summed E-state index contributed by atoms with van der Waals surface area (Å²) in [6.07, 6.45) is 3.18. The first-order valence-corrected chi connectivity index (χ1v) is 17.2. The topological polar surface area (TPSA) is 76.2 Å². The molecular formula is C33H42N8S2. The molecule has 0 radical (unpaired) electrons. The zero-order chi connectivity index (χ0) is 29.6. The van der Waals surface area contributed by atoms with Crippen LogP contribution in [-0.4, -0.2) is 82.3 Å². The molecule has 2 fully saturated rings. The maximum atomic E-state index is 5.20. The molecule has 0 aliphatic carbocycles. The van der Waals surface area contributed by atoms with E-state index < -0.39 is 0 Å². The van der Waals surface area contributed by atoms with Gasteiger partial charge in [0.25, 0.3) is 0 Å². The molecule has 0 atom stereocenters. The number of piperazine rings is 1. The monoisotopic (exact) mass is 614 g/mol. The fourth-order valence-electron chi connectivity index (χ4n) is 5.87. The number of thioether (sulfide) groups is 1. The van der Waals surface area contributed by atoms with Crippen molar-refractivity contribution in [3.8, 4) is 0 Å². The minimum absolute atomic E-state index is 0.661. The Balaban J connectivity index is 1.20. The Morgan fingerprint density at radius 1 is 0.907 bits per heavy atom. The molecule has 4 heterocycles. The zero-order valence-electron chi connectivity index (χ0n) is 25.4. The predicted molar refractivity (Wildman–Crippen MR) is 179 cm³/mol. The molecule has 2 aliphatic heterocycles. The largest absolute Gasteiger partial charge is 0.356 e. The van der Waals surface area contributed by atoms with E-state index in [-0.39, 0.29) is 0 Å². The summed E-state index contributed by atoms with van der Waals surface area (Å²) in [5.74, 6) is 3.64. The highest BCUT2D eigenvalue weighted by molar-refractivity contribution is 7.99. The molecule has 2 aromatic carbocycles. The van der Waals surface area contributed by atoms with E-state index >= 15 is 0 Å². The van der Waals surface area contributed by atoms with E-state index in [2.05, 4.69) is 98.8 Å². The average molecular weight is 615 g/mol. The molecule has 6 rings (SSSR count). The van der Waals surface area contributed by atoms with Crippen molar-refractivity contribution in [1.82, 2.24) is 30.0 Å². The molecular weight excluding hydrogens is 573 g/mol. The predicted octanol–water partition coefficient (Wildman–Crippen LogP) is 6.47. The number of aryl methyl sites for hydroxylation is 1. The van der Waals surface area contributed by atoms with Gasteiger partial charge in [-0.05, 0) is 74.8 Å². The van der Waals surface area contributed by atoms with Gasteiger partial charge in [0.15, 0.2) is 11.0 Å². The van der Waals surface area contributed by atoms with E-state index in [1.165, 1.54) is 49.5 Å². The average Bonchev–Trinajstić information content (AvgIpc) is 3.45. The van der Waals surface area contributed by atoms with Crippen molar-refractivity contribution >= 4 is 41.0 Å². The Kier molecular flexibility index (Phi) is 9.88. The molecule has 43 heavy (non-hydrogen) atoms. The minimum Gasteiger partial charge on any atom is -0.356 e. The first kappa shape index (κ1) is 30.0. The Hall–Kier alpha value is -3.05. The number of likely N-dealkylation sites (N-methyl/N-ethyl adjacent to an activating group) is 1. The molecule has 2 aliphatic rings. The molecule has 2 aromatic heterocycles. The van der Waals surface area contributed by atoms with Crippen LogP contribution >= 0.6 is 23.5 Å². The quantitative estimate of drug-likeness (QED) is 0.154. The Bertz CT molecular complexity index is 1460. The van der Waals surface area contributed by atoms with E-state index in [0.717, 1.165) is 64.0 Å². The van der Waals surface area contributed by atoms with Crippen molar-refractivity contribution in [2.75, 3.05) is 56.5 Å². The molecule has 0 spiro atoms. The van der Waals surface area contributed by atoms with Crippen LogP contribution in [0.25, 0.3) is 0 Å². The number of nitrogens with zero attached hydrogens (tertiary/aromatic N) is 6. The first-order chi connectivity index (χ1) is 21.0. The fourth-order valence-corrected chi connectivity index (χ4v) is 7.48. The van der Waals surface area contributed by atoms with Gasteiger partial charge in [0.1, 0.15) is 11.6 Å². The van der Waals surface area contributed by atoms with Gasteiger partial charge in [-0.3, -0.25) is 10.00 Å². The normalized spacial score (nSPS) is 17.0. The minimum atomic E-state index is 0.661.